The van der Waals surface area contributed by atoms with Crippen molar-refractivity contribution in [3.05, 3.63) is 111 Å². The van der Waals surface area contributed by atoms with E-state index in [2.05, 4.69) is 12.1 Å². The maximum absolute atomic E-state index is 14.5. The molecule has 31 heavy (non-hydrogen) atoms. The number of rotatable bonds is 6. The number of hydrogen-bond acceptors (Lipinski definition) is 3. The fraction of sp³-hybridized carbons (Fsp3) is 0.120. The van der Waals surface area contributed by atoms with Gasteiger partial charge in [-0.2, -0.15) is 5.10 Å². The molecule has 0 atom stereocenters. The molecule has 0 bridgehead atoms. The molecule has 0 saturated carbocycles. The highest BCUT2D eigenvalue weighted by Crippen LogP contribution is 2.23. The second-order valence-electron chi connectivity index (χ2n) is 7.00. The summed E-state index contributed by atoms with van der Waals surface area (Å²) in [6, 6.07) is 24.5. The average molecular weight is 450 g/mol. The first kappa shape index (κ1) is 21.2. The zero-order chi connectivity index (χ0) is 21.6. The van der Waals surface area contributed by atoms with Gasteiger partial charge in [-0.3, -0.25) is 4.99 Å². The predicted octanol–water partition coefficient (Wildman–Crippen LogP) is 6.42. The zero-order valence-corrected chi connectivity index (χ0v) is 18.6. The molecule has 0 amide bonds. The number of benzene rings is 3. The van der Waals surface area contributed by atoms with Gasteiger partial charge in [-0.1, -0.05) is 66.2 Å². The molecule has 0 fully saturated rings. The van der Waals surface area contributed by atoms with Crippen molar-refractivity contribution < 1.29 is 4.39 Å². The van der Waals surface area contributed by atoms with Gasteiger partial charge in [0.25, 0.3) is 0 Å². The lowest BCUT2D eigenvalue weighted by molar-refractivity contribution is 0.629. The van der Waals surface area contributed by atoms with Gasteiger partial charge in [0.1, 0.15) is 5.82 Å². The summed E-state index contributed by atoms with van der Waals surface area (Å²) < 4.78 is 16.3. The Hall–Kier alpha value is -3.02. The van der Waals surface area contributed by atoms with Crippen LogP contribution in [-0.2, 0) is 6.42 Å². The molecule has 4 aromatic rings. The summed E-state index contributed by atoms with van der Waals surface area (Å²) in [4.78, 5) is 5.49. The van der Waals surface area contributed by atoms with Crippen LogP contribution in [0.5, 0.6) is 0 Å². The van der Waals surface area contributed by atoms with Crippen molar-refractivity contribution in [1.29, 1.82) is 0 Å². The Morgan fingerprint density at radius 2 is 1.68 bits per heavy atom. The standard InChI is InChI=1S/C25H21ClFN3S/c1-18(20-11-13-21(26)14-12-20)29-30-24(22-9-5-6-10-23(22)27)17-31-25(30)28-16-15-19-7-3-2-4-8-19/h2-14,17H,15-16H2,1H3. The summed E-state index contributed by atoms with van der Waals surface area (Å²) in [5, 5.41) is 7.37. The molecular weight excluding hydrogens is 429 g/mol. The van der Waals surface area contributed by atoms with Crippen LogP contribution >= 0.6 is 22.9 Å². The molecule has 3 nitrogen and oxygen atoms in total. The number of thiazole rings is 1. The van der Waals surface area contributed by atoms with E-state index < -0.39 is 0 Å². The molecule has 0 aliphatic carbocycles. The Kier molecular flexibility index (Phi) is 6.75. The van der Waals surface area contributed by atoms with Gasteiger partial charge in [0.15, 0.2) is 0 Å². The number of hydrogen-bond donors (Lipinski definition) is 0. The van der Waals surface area contributed by atoms with Gasteiger partial charge in [-0.05, 0) is 48.7 Å². The van der Waals surface area contributed by atoms with E-state index in [4.69, 9.17) is 21.7 Å². The van der Waals surface area contributed by atoms with Crippen molar-refractivity contribution in [3.63, 3.8) is 0 Å². The molecule has 0 spiro atoms. The lowest BCUT2D eigenvalue weighted by Gasteiger charge is -2.07. The molecule has 3 aromatic carbocycles. The predicted molar refractivity (Wildman–Crippen MR) is 127 cm³/mol. The fourth-order valence-electron chi connectivity index (χ4n) is 3.18. The van der Waals surface area contributed by atoms with Crippen molar-refractivity contribution in [2.75, 3.05) is 6.54 Å². The van der Waals surface area contributed by atoms with Crippen LogP contribution in [0.3, 0.4) is 0 Å². The Balaban J connectivity index is 1.75. The molecule has 0 aliphatic rings. The minimum Gasteiger partial charge on any atom is -0.257 e. The van der Waals surface area contributed by atoms with Gasteiger partial charge in [0.2, 0.25) is 4.80 Å². The molecular formula is C25H21ClFN3S. The fourth-order valence-corrected chi connectivity index (χ4v) is 4.16. The van der Waals surface area contributed by atoms with E-state index in [0.29, 0.717) is 22.8 Å². The van der Waals surface area contributed by atoms with Crippen molar-refractivity contribution in [3.8, 4) is 11.3 Å². The molecule has 0 aliphatic heterocycles. The van der Waals surface area contributed by atoms with Gasteiger partial charge in [0.05, 0.1) is 11.4 Å². The third-order valence-electron chi connectivity index (χ3n) is 4.84. The highest BCUT2D eigenvalue weighted by Gasteiger charge is 2.12. The molecule has 4 rings (SSSR count). The van der Waals surface area contributed by atoms with Crippen LogP contribution in [0, 0.1) is 5.82 Å². The Morgan fingerprint density at radius 3 is 2.42 bits per heavy atom. The van der Waals surface area contributed by atoms with Crippen LogP contribution in [0.4, 0.5) is 4.39 Å². The van der Waals surface area contributed by atoms with Gasteiger partial charge in [-0.15, -0.1) is 11.3 Å². The van der Waals surface area contributed by atoms with E-state index in [1.54, 1.807) is 16.8 Å². The summed E-state index contributed by atoms with van der Waals surface area (Å²) in [5.74, 6) is -0.288. The first-order valence-electron chi connectivity index (χ1n) is 9.93. The zero-order valence-electron chi connectivity index (χ0n) is 17.0. The molecule has 1 aromatic heterocycles. The minimum absolute atomic E-state index is 0.288. The second-order valence-corrected chi connectivity index (χ2v) is 8.28. The maximum atomic E-state index is 14.5. The molecule has 156 valence electrons. The summed E-state index contributed by atoms with van der Waals surface area (Å²) in [6.07, 6.45) is 0.827. The molecule has 1 heterocycles. The number of nitrogens with zero attached hydrogens (tertiary/aromatic N) is 3. The normalized spacial score (nSPS) is 12.4. The largest absolute Gasteiger partial charge is 0.257 e. The van der Waals surface area contributed by atoms with Gasteiger partial charge in [0, 0.05) is 22.5 Å². The van der Waals surface area contributed by atoms with Crippen LogP contribution < -0.4 is 4.80 Å². The van der Waals surface area contributed by atoms with E-state index in [9.17, 15) is 4.39 Å². The van der Waals surface area contributed by atoms with Crippen LogP contribution in [0.1, 0.15) is 18.1 Å². The van der Waals surface area contributed by atoms with Crippen molar-refractivity contribution in [2.24, 2.45) is 10.1 Å². The third-order valence-corrected chi connectivity index (χ3v) is 5.94. The van der Waals surface area contributed by atoms with E-state index in [-0.39, 0.29) is 5.82 Å². The first-order valence-corrected chi connectivity index (χ1v) is 11.2. The van der Waals surface area contributed by atoms with Crippen LogP contribution in [0.2, 0.25) is 5.02 Å². The summed E-state index contributed by atoms with van der Waals surface area (Å²) >= 11 is 7.47. The second kappa shape index (κ2) is 9.86. The number of aromatic nitrogens is 1. The Morgan fingerprint density at radius 1 is 0.968 bits per heavy atom. The van der Waals surface area contributed by atoms with E-state index in [0.717, 1.165) is 22.5 Å². The Labute approximate surface area is 189 Å². The maximum Gasteiger partial charge on any atom is 0.206 e. The number of halogens is 2. The topological polar surface area (TPSA) is 29.6 Å². The summed E-state index contributed by atoms with van der Waals surface area (Å²) in [6.45, 7) is 2.55. The third kappa shape index (κ3) is 5.19. The van der Waals surface area contributed by atoms with Crippen LogP contribution in [0.15, 0.2) is 94.3 Å². The van der Waals surface area contributed by atoms with E-state index >= 15 is 0 Å². The molecule has 0 radical (unpaired) electrons. The Bertz CT molecular complexity index is 1260. The van der Waals surface area contributed by atoms with Gasteiger partial charge < -0.3 is 0 Å². The minimum atomic E-state index is -0.288. The van der Waals surface area contributed by atoms with E-state index in [1.807, 2.05) is 60.8 Å². The highest BCUT2D eigenvalue weighted by atomic mass is 35.5. The van der Waals surface area contributed by atoms with E-state index in [1.165, 1.54) is 23.0 Å². The summed E-state index contributed by atoms with van der Waals surface area (Å²) in [5.41, 5.74) is 4.13. The smallest absolute Gasteiger partial charge is 0.206 e. The van der Waals surface area contributed by atoms with Gasteiger partial charge >= 0.3 is 0 Å². The quantitative estimate of drug-likeness (QED) is 0.304. The summed E-state index contributed by atoms with van der Waals surface area (Å²) in [7, 11) is 0. The molecule has 0 saturated heterocycles. The van der Waals surface area contributed by atoms with Crippen molar-refractivity contribution >= 4 is 28.6 Å². The highest BCUT2D eigenvalue weighted by molar-refractivity contribution is 7.07. The van der Waals surface area contributed by atoms with Crippen molar-refractivity contribution in [2.45, 2.75) is 13.3 Å². The van der Waals surface area contributed by atoms with Crippen LogP contribution in [-0.4, -0.2) is 16.9 Å². The van der Waals surface area contributed by atoms with Crippen LogP contribution in [0.25, 0.3) is 11.3 Å². The molecule has 0 N–H and O–H groups in total. The monoisotopic (exact) mass is 449 g/mol. The van der Waals surface area contributed by atoms with Crippen molar-refractivity contribution in [1.82, 2.24) is 4.68 Å². The molecule has 0 unspecified atom stereocenters. The SMILES string of the molecule is CC(=Nn1c(-c2ccccc2F)csc1=NCCc1ccccc1)c1ccc(Cl)cc1. The first-order chi connectivity index (χ1) is 15.1. The molecule has 6 heteroatoms. The lowest BCUT2D eigenvalue weighted by atomic mass is 10.1. The average Bonchev–Trinajstić information content (AvgIpc) is 3.17. The van der Waals surface area contributed by atoms with Gasteiger partial charge in [-0.25, -0.2) is 9.07 Å². The lowest BCUT2D eigenvalue weighted by Crippen LogP contribution is -2.15.